The summed E-state index contributed by atoms with van der Waals surface area (Å²) in [7, 11) is 0. The normalized spacial score (nSPS) is 10.4. The number of anilines is 1. The number of hydrogen-bond donors (Lipinski definition) is 2. The van der Waals surface area contributed by atoms with Crippen LogP contribution in [0.15, 0.2) is 24.3 Å². The number of rotatable bonds is 3. The number of primary amides is 1. The van der Waals surface area contributed by atoms with Crippen molar-refractivity contribution in [3.63, 3.8) is 0 Å². The molecular formula is C9H9N3O3. The summed E-state index contributed by atoms with van der Waals surface area (Å²) < 4.78 is 0. The number of nitrogen functional groups attached to an aromatic ring is 1. The summed E-state index contributed by atoms with van der Waals surface area (Å²) in [5.41, 5.74) is 10.4. The molecule has 0 aliphatic carbocycles. The van der Waals surface area contributed by atoms with Gasteiger partial charge in [-0.25, -0.2) is 0 Å². The van der Waals surface area contributed by atoms with Gasteiger partial charge in [-0.3, -0.25) is 14.9 Å². The van der Waals surface area contributed by atoms with E-state index in [4.69, 9.17) is 11.5 Å². The minimum Gasteiger partial charge on any atom is -0.393 e. The average molecular weight is 207 g/mol. The molecule has 0 aromatic heterocycles. The largest absolute Gasteiger partial charge is 0.393 e. The molecule has 1 aromatic rings. The van der Waals surface area contributed by atoms with Crippen LogP contribution in [-0.4, -0.2) is 10.8 Å². The standard InChI is InChI=1S/C9H9N3O3/c10-7-3-1-2-6(4-5-8(11)13)9(7)12(14)15/h1-5H,10H2,(H2,11,13). The highest BCUT2D eigenvalue weighted by Crippen LogP contribution is 2.26. The molecule has 78 valence electrons. The Balaban J connectivity index is 3.23. The molecule has 0 radical (unpaired) electrons. The second kappa shape index (κ2) is 4.23. The average Bonchev–Trinajstić information content (AvgIpc) is 2.13. The van der Waals surface area contributed by atoms with E-state index >= 15 is 0 Å². The first-order chi connectivity index (χ1) is 7.02. The maximum Gasteiger partial charge on any atom is 0.299 e. The summed E-state index contributed by atoms with van der Waals surface area (Å²) in [6.07, 6.45) is 2.30. The van der Waals surface area contributed by atoms with Crippen molar-refractivity contribution >= 4 is 23.4 Å². The van der Waals surface area contributed by atoms with Gasteiger partial charge in [0.25, 0.3) is 5.69 Å². The lowest BCUT2D eigenvalue weighted by Gasteiger charge is -1.99. The number of nitrogens with two attached hydrogens (primary N) is 2. The highest BCUT2D eigenvalue weighted by atomic mass is 16.6. The minimum absolute atomic E-state index is 0.0478. The zero-order valence-electron chi connectivity index (χ0n) is 7.71. The molecule has 0 spiro atoms. The van der Waals surface area contributed by atoms with E-state index in [9.17, 15) is 14.9 Å². The van der Waals surface area contributed by atoms with E-state index in [0.717, 1.165) is 6.08 Å². The van der Waals surface area contributed by atoms with Gasteiger partial charge < -0.3 is 11.5 Å². The molecule has 1 amide bonds. The molecule has 6 heteroatoms. The van der Waals surface area contributed by atoms with Crippen molar-refractivity contribution in [2.45, 2.75) is 0 Å². The topological polar surface area (TPSA) is 112 Å². The van der Waals surface area contributed by atoms with Crippen LogP contribution in [0.25, 0.3) is 6.08 Å². The van der Waals surface area contributed by atoms with Gasteiger partial charge in [0.15, 0.2) is 0 Å². The maximum atomic E-state index is 10.7. The summed E-state index contributed by atoms with van der Waals surface area (Å²) in [4.78, 5) is 20.5. The fourth-order valence-electron chi connectivity index (χ4n) is 1.10. The molecule has 0 saturated heterocycles. The van der Waals surface area contributed by atoms with Gasteiger partial charge in [0.1, 0.15) is 5.69 Å². The van der Waals surface area contributed by atoms with Gasteiger partial charge in [-0.05, 0) is 18.2 Å². The van der Waals surface area contributed by atoms with Crippen LogP contribution in [0.2, 0.25) is 0 Å². The fourth-order valence-corrected chi connectivity index (χ4v) is 1.10. The number of benzene rings is 1. The Morgan fingerprint density at radius 1 is 1.47 bits per heavy atom. The predicted molar refractivity (Wildman–Crippen MR) is 55.7 cm³/mol. The second-order valence-electron chi connectivity index (χ2n) is 2.78. The molecule has 0 unspecified atom stereocenters. The van der Waals surface area contributed by atoms with E-state index in [1.807, 2.05) is 0 Å². The number of nitro benzene ring substituents is 1. The van der Waals surface area contributed by atoms with Crippen LogP contribution < -0.4 is 11.5 Å². The Hall–Kier alpha value is -2.37. The van der Waals surface area contributed by atoms with E-state index in [0.29, 0.717) is 0 Å². The van der Waals surface area contributed by atoms with E-state index in [-0.39, 0.29) is 16.9 Å². The molecule has 0 bridgehead atoms. The Morgan fingerprint density at radius 3 is 2.67 bits per heavy atom. The molecule has 0 aliphatic rings. The third-order valence-corrected chi connectivity index (χ3v) is 1.71. The molecule has 0 aliphatic heterocycles. The Kier molecular flexibility index (Phi) is 3.02. The number of hydrogen-bond acceptors (Lipinski definition) is 4. The third-order valence-electron chi connectivity index (χ3n) is 1.71. The van der Waals surface area contributed by atoms with Gasteiger partial charge in [-0.2, -0.15) is 0 Å². The van der Waals surface area contributed by atoms with Gasteiger partial charge in [0, 0.05) is 6.08 Å². The predicted octanol–water partition coefficient (Wildman–Crippen LogP) is 0.676. The lowest BCUT2D eigenvalue weighted by Crippen LogP contribution is -2.05. The fraction of sp³-hybridized carbons (Fsp3) is 0. The first-order valence-corrected chi connectivity index (χ1v) is 4.02. The molecule has 0 saturated carbocycles. The smallest absolute Gasteiger partial charge is 0.299 e. The van der Waals surface area contributed by atoms with Crippen LogP contribution in [-0.2, 0) is 4.79 Å². The monoisotopic (exact) mass is 207 g/mol. The number of nitrogens with zero attached hydrogens (tertiary/aromatic N) is 1. The van der Waals surface area contributed by atoms with Crippen LogP contribution in [0.4, 0.5) is 11.4 Å². The summed E-state index contributed by atoms with van der Waals surface area (Å²) >= 11 is 0. The SMILES string of the molecule is NC(=O)C=Cc1cccc(N)c1[N+](=O)[O-]. The van der Waals surface area contributed by atoms with Gasteiger partial charge in [-0.15, -0.1) is 0 Å². The minimum atomic E-state index is -0.674. The molecule has 1 aromatic carbocycles. The van der Waals surface area contributed by atoms with E-state index in [1.54, 1.807) is 6.07 Å². The summed E-state index contributed by atoms with van der Waals surface area (Å²) in [6.45, 7) is 0. The van der Waals surface area contributed by atoms with Crippen molar-refractivity contribution in [2.24, 2.45) is 5.73 Å². The highest BCUT2D eigenvalue weighted by molar-refractivity contribution is 5.91. The maximum absolute atomic E-state index is 10.7. The van der Waals surface area contributed by atoms with Crippen LogP contribution >= 0.6 is 0 Å². The van der Waals surface area contributed by atoms with E-state index in [2.05, 4.69) is 0 Å². The van der Waals surface area contributed by atoms with E-state index < -0.39 is 10.8 Å². The van der Waals surface area contributed by atoms with Crippen molar-refractivity contribution < 1.29 is 9.72 Å². The molecule has 0 atom stereocenters. The molecule has 15 heavy (non-hydrogen) atoms. The number of carbonyl (C=O) groups excluding carboxylic acids is 1. The van der Waals surface area contributed by atoms with E-state index in [1.165, 1.54) is 18.2 Å². The van der Waals surface area contributed by atoms with Crippen LogP contribution in [0, 0.1) is 10.1 Å². The first kappa shape index (κ1) is 10.7. The van der Waals surface area contributed by atoms with Crippen LogP contribution in [0.1, 0.15) is 5.56 Å². The number of para-hydroxylation sites is 1. The molecular weight excluding hydrogens is 198 g/mol. The molecule has 6 nitrogen and oxygen atoms in total. The van der Waals surface area contributed by atoms with Gasteiger partial charge in [0.05, 0.1) is 10.5 Å². The highest BCUT2D eigenvalue weighted by Gasteiger charge is 2.15. The zero-order chi connectivity index (χ0) is 11.4. The number of nitro groups is 1. The van der Waals surface area contributed by atoms with Crippen molar-refractivity contribution in [3.05, 3.63) is 40.0 Å². The van der Waals surface area contributed by atoms with Gasteiger partial charge in [-0.1, -0.05) is 6.07 Å². The molecule has 1 rings (SSSR count). The number of amides is 1. The second-order valence-corrected chi connectivity index (χ2v) is 2.78. The van der Waals surface area contributed by atoms with Crippen molar-refractivity contribution in [2.75, 3.05) is 5.73 Å². The number of carbonyl (C=O) groups is 1. The zero-order valence-corrected chi connectivity index (χ0v) is 7.71. The third kappa shape index (κ3) is 2.53. The molecule has 0 fully saturated rings. The molecule has 0 heterocycles. The lowest BCUT2D eigenvalue weighted by molar-refractivity contribution is -0.384. The van der Waals surface area contributed by atoms with Gasteiger partial charge >= 0.3 is 0 Å². The van der Waals surface area contributed by atoms with Crippen molar-refractivity contribution in [1.29, 1.82) is 0 Å². The van der Waals surface area contributed by atoms with Gasteiger partial charge in [0.2, 0.25) is 5.91 Å². The molecule has 4 N–H and O–H groups in total. The lowest BCUT2D eigenvalue weighted by atomic mass is 10.1. The summed E-state index contributed by atoms with van der Waals surface area (Å²) in [6, 6.07) is 4.46. The first-order valence-electron chi connectivity index (χ1n) is 4.02. The Labute approximate surface area is 85.3 Å². The van der Waals surface area contributed by atoms with Crippen LogP contribution in [0.5, 0.6) is 0 Å². The van der Waals surface area contributed by atoms with Crippen molar-refractivity contribution in [1.82, 2.24) is 0 Å². The van der Waals surface area contributed by atoms with Crippen molar-refractivity contribution in [3.8, 4) is 0 Å². The Morgan fingerprint density at radius 2 is 2.13 bits per heavy atom. The summed E-state index contributed by atoms with van der Waals surface area (Å²) in [5.74, 6) is -0.674. The quantitative estimate of drug-likeness (QED) is 0.328. The summed E-state index contributed by atoms with van der Waals surface area (Å²) in [5, 5.41) is 10.7. The van der Waals surface area contributed by atoms with Crippen LogP contribution in [0.3, 0.4) is 0 Å². The Bertz CT molecular complexity index is 440.